The fourth-order valence-electron chi connectivity index (χ4n) is 2.99. The van der Waals surface area contributed by atoms with Crippen LogP contribution in [0.15, 0.2) is 77.6 Å². The van der Waals surface area contributed by atoms with Gasteiger partial charge in [0.25, 0.3) is 5.56 Å². The molecule has 0 bridgehead atoms. The Morgan fingerprint density at radius 3 is 2.18 bits per heavy atom. The summed E-state index contributed by atoms with van der Waals surface area (Å²) in [6.07, 6.45) is -4.74. The molecule has 1 heterocycles. The summed E-state index contributed by atoms with van der Waals surface area (Å²) in [5.41, 5.74) is 2.35. The lowest BCUT2D eigenvalue weighted by atomic mass is 9.99. The summed E-state index contributed by atoms with van der Waals surface area (Å²) in [6, 6.07) is 19.8. The van der Waals surface area contributed by atoms with Crippen LogP contribution < -0.4 is 10.3 Å². The number of aromatic amines is 1. The number of hydrogen-bond donors (Lipinski definition) is 1. The molecule has 0 fully saturated rings. The van der Waals surface area contributed by atoms with Gasteiger partial charge in [0, 0.05) is 5.56 Å². The lowest BCUT2D eigenvalue weighted by Crippen LogP contribution is -2.16. The van der Waals surface area contributed by atoms with E-state index in [1.54, 1.807) is 42.5 Å². The van der Waals surface area contributed by atoms with E-state index in [1.165, 1.54) is 24.3 Å². The van der Waals surface area contributed by atoms with E-state index < -0.39 is 6.36 Å². The van der Waals surface area contributed by atoms with Gasteiger partial charge in [0.1, 0.15) is 11.6 Å². The van der Waals surface area contributed by atoms with Crippen LogP contribution in [0.25, 0.3) is 33.4 Å². The molecule has 7 heteroatoms. The van der Waals surface area contributed by atoms with E-state index in [2.05, 4.69) is 14.7 Å². The highest BCUT2D eigenvalue weighted by atomic mass is 19.4. The lowest BCUT2D eigenvalue weighted by Gasteiger charge is -2.12. The van der Waals surface area contributed by atoms with E-state index in [0.29, 0.717) is 27.9 Å². The zero-order chi connectivity index (χ0) is 19.7. The number of nitrogens with zero attached hydrogens (tertiary/aromatic N) is 1. The number of para-hydroxylation sites is 1. The molecule has 0 saturated carbocycles. The largest absolute Gasteiger partial charge is 0.573 e. The lowest BCUT2D eigenvalue weighted by molar-refractivity contribution is -0.274. The molecule has 0 spiro atoms. The number of benzene rings is 3. The van der Waals surface area contributed by atoms with Gasteiger partial charge in [-0.2, -0.15) is 0 Å². The van der Waals surface area contributed by atoms with Crippen LogP contribution in [0.4, 0.5) is 13.2 Å². The van der Waals surface area contributed by atoms with Crippen LogP contribution >= 0.6 is 0 Å². The summed E-state index contributed by atoms with van der Waals surface area (Å²) in [5, 5.41) is 0.484. The third-order valence-corrected chi connectivity index (χ3v) is 4.19. The van der Waals surface area contributed by atoms with Gasteiger partial charge in [-0.15, -0.1) is 13.2 Å². The van der Waals surface area contributed by atoms with Crippen LogP contribution in [0.1, 0.15) is 0 Å². The topological polar surface area (TPSA) is 55.0 Å². The minimum atomic E-state index is -4.74. The number of H-pyrrole nitrogens is 1. The molecular weight excluding hydrogens is 369 g/mol. The molecule has 1 N–H and O–H groups in total. The standard InChI is InChI=1S/C21H13F3N2O2/c22-21(23,24)28-14-11-9-13(10-12-14)15-5-1-2-6-16(15)19-25-18-8-4-3-7-17(18)20(27)26-19/h1-12H,(H,25,26,27). The molecule has 1 aromatic heterocycles. The van der Waals surface area contributed by atoms with Crippen molar-refractivity contribution in [3.8, 4) is 28.3 Å². The highest BCUT2D eigenvalue weighted by Gasteiger charge is 2.31. The number of hydrogen-bond acceptors (Lipinski definition) is 3. The first-order valence-electron chi connectivity index (χ1n) is 8.35. The summed E-state index contributed by atoms with van der Waals surface area (Å²) >= 11 is 0. The molecule has 3 aromatic carbocycles. The fourth-order valence-corrected chi connectivity index (χ4v) is 2.99. The van der Waals surface area contributed by atoms with Gasteiger partial charge < -0.3 is 9.72 Å². The first kappa shape index (κ1) is 17.8. The molecule has 0 unspecified atom stereocenters. The molecule has 0 amide bonds. The fraction of sp³-hybridized carbons (Fsp3) is 0.0476. The molecule has 0 aliphatic carbocycles. The van der Waals surface area contributed by atoms with Crippen LogP contribution in [-0.4, -0.2) is 16.3 Å². The number of halogens is 3. The van der Waals surface area contributed by atoms with Crippen LogP contribution in [0, 0.1) is 0 Å². The molecule has 140 valence electrons. The van der Waals surface area contributed by atoms with Crippen molar-refractivity contribution in [1.29, 1.82) is 0 Å². The van der Waals surface area contributed by atoms with Gasteiger partial charge in [-0.25, -0.2) is 4.98 Å². The Bertz CT molecular complexity index is 1200. The summed E-state index contributed by atoms with van der Waals surface area (Å²) in [7, 11) is 0. The minimum Gasteiger partial charge on any atom is -0.406 e. The maximum atomic E-state index is 12.4. The molecule has 4 rings (SSSR count). The van der Waals surface area contributed by atoms with Crippen LogP contribution in [0.3, 0.4) is 0 Å². The van der Waals surface area contributed by atoms with Crippen molar-refractivity contribution in [2.24, 2.45) is 0 Å². The summed E-state index contributed by atoms with van der Waals surface area (Å²) in [5.74, 6) is 0.0842. The second kappa shape index (κ2) is 6.84. The number of rotatable bonds is 3. The monoisotopic (exact) mass is 382 g/mol. The smallest absolute Gasteiger partial charge is 0.406 e. The Morgan fingerprint density at radius 1 is 0.821 bits per heavy atom. The van der Waals surface area contributed by atoms with Crippen molar-refractivity contribution in [3.63, 3.8) is 0 Å². The van der Waals surface area contributed by atoms with Gasteiger partial charge in [0.05, 0.1) is 10.9 Å². The maximum Gasteiger partial charge on any atom is 0.573 e. The Balaban J connectivity index is 1.79. The molecule has 0 saturated heterocycles. The number of ether oxygens (including phenoxy) is 1. The predicted molar refractivity (Wildman–Crippen MR) is 99.9 cm³/mol. The number of nitrogens with one attached hydrogen (secondary N) is 1. The van der Waals surface area contributed by atoms with Crippen molar-refractivity contribution < 1.29 is 17.9 Å². The summed E-state index contributed by atoms with van der Waals surface area (Å²) in [6.45, 7) is 0. The zero-order valence-corrected chi connectivity index (χ0v) is 14.3. The third-order valence-electron chi connectivity index (χ3n) is 4.19. The van der Waals surface area contributed by atoms with E-state index >= 15 is 0 Å². The summed E-state index contributed by atoms with van der Waals surface area (Å²) in [4.78, 5) is 19.7. The SMILES string of the molecule is O=c1[nH]c(-c2ccccc2-c2ccc(OC(F)(F)F)cc2)nc2ccccc12. The van der Waals surface area contributed by atoms with Crippen LogP contribution in [-0.2, 0) is 0 Å². The van der Waals surface area contributed by atoms with Crippen molar-refractivity contribution in [2.75, 3.05) is 0 Å². The van der Waals surface area contributed by atoms with Gasteiger partial charge >= 0.3 is 6.36 Å². The van der Waals surface area contributed by atoms with Gasteiger partial charge in [-0.1, -0.05) is 48.5 Å². The van der Waals surface area contributed by atoms with Crippen molar-refractivity contribution in [1.82, 2.24) is 9.97 Å². The van der Waals surface area contributed by atoms with Crippen molar-refractivity contribution in [3.05, 3.63) is 83.2 Å². The van der Waals surface area contributed by atoms with Gasteiger partial charge in [0.2, 0.25) is 0 Å². The molecular formula is C21H13F3N2O2. The van der Waals surface area contributed by atoms with Gasteiger partial charge in [0.15, 0.2) is 0 Å². The van der Waals surface area contributed by atoms with Crippen LogP contribution in [0.2, 0.25) is 0 Å². The Morgan fingerprint density at radius 2 is 1.46 bits per heavy atom. The molecule has 0 radical (unpaired) electrons. The highest BCUT2D eigenvalue weighted by molar-refractivity contribution is 5.84. The molecule has 4 aromatic rings. The first-order valence-corrected chi connectivity index (χ1v) is 8.35. The van der Waals surface area contributed by atoms with E-state index in [1.807, 2.05) is 6.07 Å². The second-order valence-electron chi connectivity index (χ2n) is 6.05. The number of alkyl halides is 3. The highest BCUT2D eigenvalue weighted by Crippen LogP contribution is 2.32. The average Bonchev–Trinajstić information content (AvgIpc) is 2.67. The minimum absolute atomic E-state index is 0.260. The molecule has 0 aliphatic heterocycles. The molecule has 4 nitrogen and oxygen atoms in total. The van der Waals surface area contributed by atoms with E-state index in [0.717, 1.165) is 5.56 Å². The quantitative estimate of drug-likeness (QED) is 0.533. The molecule has 28 heavy (non-hydrogen) atoms. The zero-order valence-electron chi connectivity index (χ0n) is 14.3. The van der Waals surface area contributed by atoms with E-state index in [4.69, 9.17) is 0 Å². The maximum absolute atomic E-state index is 12.4. The van der Waals surface area contributed by atoms with E-state index in [9.17, 15) is 18.0 Å². The van der Waals surface area contributed by atoms with E-state index in [-0.39, 0.29) is 11.3 Å². The molecule has 0 atom stereocenters. The summed E-state index contributed by atoms with van der Waals surface area (Å²) < 4.78 is 41.0. The van der Waals surface area contributed by atoms with Crippen molar-refractivity contribution >= 4 is 10.9 Å². The molecule has 0 aliphatic rings. The second-order valence-corrected chi connectivity index (χ2v) is 6.05. The third kappa shape index (κ3) is 3.59. The normalized spacial score (nSPS) is 11.5. The van der Waals surface area contributed by atoms with Gasteiger partial charge in [-0.05, 0) is 35.4 Å². The number of fused-ring (bicyclic) bond motifs is 1. The van der Waals surface area contributed by atoms with Crippen LogP contribution in [0.5, 0.6) is 5.75 Å². The Kier molecular flexibility index (Phi) is 4.35. The first-order chi connectivity index (χ1) is 13.4. The Labute approximate surface area is 157 Å². The van der Waals surface area contributed by atoms with Crippen molar-refractivity contribution in [2.45, 2.75) is 6.36 Å². The van der Waals surface area contributed by atoms with Gasteiger partial charge in [-0.3, -0.25) is 4.79 Å². The Hall–Kier alpha value is -3.61. The average molecular weight is 382 g/mol. The number of aromatic nitrogens is 2. The predicted octanol–water partition coefficient (Wildman–Crippen LogP) is 5.16.